The molecule has 2 aromatic carbocycles. The normalized spacial score (nSPS) is 11.9. The maximum atomic E-state index is 10.8. The molecular formula is C30H42N2Ni. The number of hydrogen-bond donors (Lipinski definition) is 0. The molecule has 1 aliphatic heterocycles. The molecule has 2 nitrogen and oxygen atoms in total. The summed E-state index contributed by atoms with van der Waals surface area (Å²) in [5.74, 6) is 0. The van der Waals surface area contributed by atoms with Crippen LogP contribution >= 0.6 is 0 Å². The first-order valence-electron chi connectivity index (χ1n) is 12.2. The summed E-state index contributed by atoms with van der Waals surface area (Å²) in [6.45, 7) is 15.4. The van der Waals surface area contributed by atoms with Crippen molar-refractivity contribution in [2.75, 3.05) is 0 Å². The van der Waals surface area contributed by atoms with Gasteiger partial charge in [-0.1, -0.05) is 64.8 Å². The molecule has 0 amide bonds. The fourth-order valence-electron chi connectivity index (χ4n) is 3.40. The predicted molar refractivity (Wildman–Crippen MR) is 141 cm³/mol. The van der Waals surface area contributed by atoms with Crippen LogP contribution in [0, 0.1) is 13.8 Å². The van der Waals surface area contributed by atoms with E-state index in [4.69, 9.17) is 0 Å². The van der Waals surface area contributed by atoms with Gasteiger partial charge in [-0.15, -0.1) is 0 Å². The number of benzene rings is 2. The van der Waals surface area contributed by atoms with Crippen molar-refractivity contribution in [1.29, 1.82) is 0 Å². The van der Waals surface area contributed by atoms with Gasteiger partial charge >= 0.3 is 16.5 Å². The Bertz CT molecular complexity index is 809. The van der Waals surface area contributed by atoms with Crippen LogP contribution in [0.15, 0.2) is 60.7 Å². The molecule has 0 atom stereocenters. The van der Waals surface area contributed by atoms with Crippen LogP contribution in [0.4, 0.5) is 0 Å². The van der Waals surface area contributed by atoms with Crippen molar-refractivity contribution in [3.8, 4) is 0 Å². The molecule has 0 radical (unpaired) electrons. The molecule has 0 aromatic heterocycles. The minimum Gasteiger partial charge on any atom is -0.493 e. The van der Waals surface area contributed by atoms with Gasteiger partial charge in [0.2, 0.25) is 11.4 Å². The van der Waals surface area contributed by atoms with Gasteiger partial charge in [0.05, 0.1) is 0 Å². The summed E-state index contributed by atoms with van der Waals surface area (Å²) in [6.07, 6.45) is 13.0. The van der Waals surface area contributed by atoms with E-state index in [9.17, 15) is 5.53 Å². The molecule has 0 bridgehead atoms. The summed E-state index contributed by atoms with van der Waals surface area (Å²) in [4.78, 5) is 0. The first-order chi connectivity index (χ1) is 15.6. The van der Waals surface area contributed by atoms with Crippen LogP contribution in [0.25, 0.3) is 16.9 Å². The van der Waals surface area contributed by atoms with Crippen LogP contribution in [0.2, 0.25) is 0 Å². The molecule has 0 N–H and O–H groups in total. The van der Waals surface area contributed by atoms with Crippen molar-refractivity contribution < 1.29 is 21.2 Å². The van der Waals surface area contributed by atoms with Gasteiger partial charge in [0.25, 0.3) is 0 Å². The summed E-state index contributed by atoms with van der Waals surface area (Å²) in [6, 6.07) is 17.0. The summed E-state index contributed by atoms with van der Waals surface area (Å²) < 4.78 is 1.33. The van der Waals surface area contributed by atoms with Crippen molar-refractivity contribution in [2.45, 2.75) is 79.1 Å². The molecule has 1 heterocycles. The molecule has 0 spiro atoms. The molecule has 3 rings (SSSR count). The standard InChI is InChI=1S/C24H28N2.2C3H7.Ni/c1-3-5-9-19-11-7-13-21(17-19)23-15-16-24(26(23)25)22-14-8-12-20(18-22)10-6-4-2;2*1-3-2;/h7-8,11-18H,3-6,9-10H2,1-2H3;2*1,3H2,2H3;/q;2*-1;+2. The quantitative estimate of drug-likeness (QED) is 0.201. The van der Waals surface area contributed by atoms with E-state index < -0.39 is 0 Å². The van der Waals surface area contributed by atoms with Crippen molar-refractivity contribution in [1.82, 2.24) is 0 Å². The van der Waals surface area contributed by atoms with E-state index in [1.54, 1.807) is 0 Å². The first kappa shape index (κ1) is 31.0. The van der Waals surface area contributed by atoms with Crippen LogP contribution < -0.4 is 0 Å². The third-order valence-corrected chi connectivity index (χ3v) is 4.94. The van der Waals surface area contributed by atoms with Crippen LogP contribution in [0.3, 0.4) is 0 Å². The van der Waals surface area contributed by atoms with Crippen LogP contribution in [-0.2, 0) is 29.3 Å². The molecule has 0 saturated heterocycles. The predicted octanol–water partition coefficient (Wildman–Crippen LogP) is 9.26. The zero-order valence-electron chi connectivity index (χ0n) is 21.1. The van der Waals surface area contributed by atoms with Gasteiger partial charge in [0.1, 0.15) is 0 Å². The van der Waals surface area contributed by atoms with E-state index in [0.717, 1.165) is 48.2 Å². The van der Waals surface area contributed by atoms with Crippen LogP contribution in [0.1, 0.15) is 88.5 Å². The van der Waals surface area contributed by atoms with Gasteiger partial charge in [0, 0.05) is 23.3 Å². The number of unbranched alkanes of at least 4 members (excludes halogenated alkanes) is 2. The van der Waals surface area contributed by atoms with Crippen molar-refractivity contribution >= 4 is 11.4 Å². The topological polar surface area (TPSA) is 25.3 Å². The van der Waals surface area contributed by atoms with E-state index in [-0.39, 0.29) is 16.5 Å². The molecule has 33 heavy (non-hydrogen) atoms. The minimum absolute atomic E-state index is 0. The molecule has 0 saturated carbocycles. The van der Waals surface area contributed by atoms with Crippen molar-refractivity contribution in [2.24, 2.45) is 0 Å². The maximum Gasteiger partial charge on any atom is 2.00 e. The summed E-state index contributed by atoms with van der Waals surface area (Å²) >= 11 is 0. The molecule has 182 valence electrons. The molecule has 2 aromatic rings. The van der Waals surface area contributed by atoms with Gasteiger partial charge in [-0.25, -0.2) is 4.70 Å². The van der Waals surface area contributed by atoms with Crippen LogP contribution in [-0.4, -0.2) is 4.70 Å². The van der Waals surface area contributed by atoms with E-state index in [2.05, 4.69) is 76.2 Å². The number of allylic oxidation sites excluding steroid dienone is 2. The van der Waals surface area contributed by atoms with Gasteiger partial charge < -0.3 is 19.4 Å². The van der Waals surface area contributed by atoms with E-state index in [0.29, 0.717) is 0 Å². The molecule has 0 fully saturated rings. The number of nitrogens with zero attached hydrogens (tertiary/aromatic N) is 2. The van der Waals surface area contributed by atoms with Gasteiger partial charge in [-0.3, -0.25) is 0 Å². The fraction of sp³-hybridized carbons (Fsp3) is 0.400. The maximum absolute atomic E-state index is 10.8. The van der Waals surface area contributed by atoms with Gasteiger partial charge in [-0.2, -0.15) is 12.8 Å². The van der Waals surface area contributed by atoms with Crippen LogP contribution in [0.5, 0.6) is 0 Å². The Kier molecular flexibility index (Phi) is 17.3. The summed E-state index contributed by atoms with van der Waals surface area (Å²) in [5.41, 5.74) is 17.3. The first-order valence-corrected chi connectivity index (χ1v) is 12.2. The second-order valence-corrected chi connectivity index (χ2v) is 8.02. The van der Waals surface area contributed by atoms with Gasteiger partial charge in [0.15, 0.2) is 0 Å². The Labute approximate surface area is 213 Å². The Morgan fingerprint density at radius 2 is 1.06 bits per heavy atom. The Balaban J connectivity index is 0.00000132. The monoisotopic (exact) mass is 488 g/mol. The largest absolute Gasteiger partial charge is 2.00 e. The third-order valence-electron chi connectivity index (χ3n) is 4.94. The molecule has 0 unspecified atom stereocenters. The molecular weight excluding hydrogens is 447 g/mol. The summed E-state index contributed by atoms with van der Waals surface area (Å²) in [5, 5.41) is 0. The summed E-state index contributed by atoms with van der Waals surface area (Å²) in [7, 11) is 0. The zero-order valence-corrected chi connectivity index (χ0v) is 22.0. The van der Waals surface area contributed by atoms with E-state index >= 15 is 0 Å². The van der Waals surface area contributed by atoms with E-state index in [1.165, 1.54) is 41.5 Å². The molecule has 1 aliphatic rings. The van der Waals surface area contributed by atoms with Crippen molar-refractivity contribution in [3.05, 3.63) is 102 Å². The zero-order chi connectivity index (χ0) is 23.8. The average molecular weight is 489 g/mol. The number of aryl methyl sites for hydroxylation is 2. The second kappa shape index (κ2) is 18.4. The smallest absolute Gasteiger partial charge is 0.493 e. The van der Waals surface area contributed by atoms with Gasteiger partial charge in [-0.05, 0) is 61.1 Å². The van der Waals surface area contributed by atoms with E-state index in [1.807, 2.05) is 26.0 Å². The fourth-order valence-corrected chi connectivity index (χ4v) is 3.40. The SMILES string of the molecule is CCCCc1cccc(C2=CC=C(c3cccc(CCCC)c3)[N+]2=[N-])c1.[CH2-]CC.[CH2-]CC.[Ni+2]. The minimum atomic E-state index is 0. The Hall–Kier alpha value is -1.99. The third kappa shape index (κ3) is 10.7. The molecule has 3 heteroatoms. The average Bonchev–Trinajstić information content (AvgIpc) is 3.19. The Morgan fingerprint density at radius 1 is 0.697 bits per heavy atom. The number of hydrogen-bond acceptors (Lipinski definition) is 0. The molecule has 0 aliphatic carbocycles. The second-order valence-electron chi connectivity index (χ2n) is 8.02. The Morgan fingerprint density at radius 3 is 1.39 bits per heavy atom. The van der Waals surface area contributed by atoms with Crippen molar-refractivity contribution in [3.63, 3.8) is 0 Å². The number of rotatable bonds is 8.